The molecule has 0 fully saturated rings. The van der Waals surface area contributed by atoms with E-state index in [9.17, 15) is 14.0 Å². The van der Waals surface area contributed by atoms with Crippen molar-refractivity contribution in [3.8, 4) is 11.5 Å². The lowest BCUT2D eigenvalue weighted by Gasteiger charge is -2.16. The Kier molecular flexibility index (Phi) is 6.13. The van der Waals surface area contributed by atoms with Crippen LogP contribution in [0.15, 0.2) is 72.4 Å². The van der Waals surface area contributed by atoms with Gasteiger partial charge in [0, 0.05) is 11.6 Å². The average Bonchev–Trinajstić information content (AvgIpc) is 3.05. The van der Waals surface area contributed by atoms with E-state index in [0.29, 0.717) is 22.7 Å². The molecule has 1 aliphatic rings. The predicted octanol–water partition coefficient (Wildman–Crippen LogP) is 4.54. The van der Waals surface area contributed by atoms with E-state index in [1.54, 1.807) is 55.6 Å². The van der Waals surface area contributed by atoms with Crippen LogP contribution >= 0.6 is 0 Å². The zero-order valence-electron chi connectivity index (χ0n) is 18.5. The van der Waals surface area contributed by atoms with Gasteiger partial charge < -0.3 is 14.8 Å². The highest BCUT2D eigenvalue weighted by atomic mass is 19.1. The standard InChI is InChI=1S/C26H23FN2O4/c1-16-8-10-17(11-9-16)23-24(28-21-13-12-19(32-2)14-22(21)33-3)26(31)29(25(23)30)15-18-6-4-5-7-20(18)27/h4-14,28H,15H2,1-3H3. The SMILES string of the molecule is COc1ccc(NC2=C(c3ccc(C)cc3)C(=O)N(Cc3ccccc3F)C2=O)c(OC)c1. The molecule has 3 aromatic rings. The molecule has 0 saturated heterocycles. The molecule has 0 radical (unpaired) electrons. The van der Waals surface area contributed by atoms with Crippen LogP contribution in [0.3, 0.4) is 0 Å². The number of benzene rings is 3. The van der Waals surface area contributed by atoms with Gasteiger partial charge in [-0.3, -0.25) is 14.5 Å². The third-order valence-corrected chi connectivity index (χ3v) is 5.46. The second-order valence-corrected chi connectivity index (χ2v) is 7.60. The van der Waals surface area contributed by atoms with Crippen LogP contribution in [-0.2, 0) is 16.1 Å². The van der Waals surface area contributed by atoms with Crippen LogP contribution in [0.5, 0.6) is 11.5 Å². The van der Waals surface area contributed by atoms with Crippen molar-refractivity contribution < 1.29 is 23.5 Å². The Labute approximate surface area is 191 Å². The van der Waals surface area contributed by atoms with Gasteiger partial charge in [0.05, 0.1) is 32.0 Å². The first-order valence-electron chi connectivity index (χ1n) is 10.3. The van der Waals surface area contributed by atoms with Gasteiger partial charge in [-0.1, -0.05) is 48.0 Å². The van der Waals surface area contributed by atoms with E-state index < -0.39 is 17.6 Å². The van der Waals surface area contributed by atoms with Gasteiger partial charge >= 0.3 is 0 Å². The topological polar surface area (TPSA) is 67.9 Å². The van der Waals surface area contributed by atoms with Gasteiger partial charge in [-0.2, -0.15) is 0 Å². The van der Waals surface area contributed by atoms with Crippen molar-refractivity contribution in [3.05, 3.63) is 94.9 Å². The monoisotopic (exact) mass is 446 g/mol. The zero-order chi connectivity index (χ0) is 23.5. The highest BCUT2D eigenvalue weighted by Crippen LogP contribution is 2.35. The van der Waals surface area contributed by atoms with E-state index in [2.05, 4.69) is 5.32 Å². The molecule has 0 spiro atoms. The van der Waals surface area contributed by atoms with Crippen molar-refractivity contribution >= 4 is 23.1 Å². The van der Waals surface area contributed by atoms with Gasteiger partial charge in [-0.05, 0) is 30.7 Å². The van der Waals surface area contributed by atoms with Gasteiger partial charge in [0.2, 0.25) is 0 Å². The summed E-state index contributed by atoms with van der Waals surface area (Å²) in [5, 5.41) is 3.08. The van der Waals surface area contributed by atoms with Crippen molar-refractivity contribution in [1.82, 2.24) is 4.90 Å². The molecule has 2 amide bonds. The first-order chi connectivity index (χ1) is 15.9. The van der Waals surface area contributed by atoms with Crippen molar-refractivity contribution in [1.29, 1.82) is 0 Å². The minimum atomic E-state index is -0.545. The number of carbonyl (C=O) groups excluding carboxylic acids is 2. The number of amides is 2. The molecule has 0 unspecified atom stereocenters. The van der Waals surface area contributed by atoms with Crippen molar-refractivity contribution in [2.75, 3.05) is 19.5 Å². The molecule has 0 aliphatic carbocycles. The van der Waals surface area contributed by atoms with E-state index in [1.165, 1.54) is 13.2 Å². The second-order valence-electron chi connectivity index (χ2n) is 7.60. The molecule has 0 atom stereocenters. The Balaban J connectivity index is 1.77. The van der Waals surface area contributed by atoms with Gasteiger partial charge in [0.15, 0.2) is 0 Å². The minimum Gasteiger partial charge on any atom is -0.497 e. The summed E-state index contributed by atoms with van der Waals surface area (Å²) in [6.45, 7) is 1.76. The first-order valence-corrected chi connectivity index (χ1v) is 10.3. The maximum Gasteiger partial charge on any atom is 0.278 e. The molecule has 1 N–H and O–H groups in total. The van der Waals surface area contributed by atoms with E-state index in [0.717, 1.165) is 10.5 Å². The molecule has 4 rings (SSSR count). The summed E-state index contributed by atoms with van der Waals surface area (Å²) in [5.74, 6) is -0.495. The molecule has 0 bridgehead atoms. The highest BCUT2D eigenvalue weighted by Gasteiger charge is 2.39. The van der Waals surface area contributed by atoms with E-state index in [1.807, 2.05) is 19.1 Å². The number of anilines is 1. The lowest BCUT2D eigenvalue weighted by Crippen LogP contribution is -2.32. The number of carbonyl (C=O) groups is 2. The third-order valence-electron chi connectivity index (χ3n) is 5.46. The van der Waals surface area contributed by atoms with Crippen LogP contribution in [-0.4, -0.2) is 30.9 Å². The van der Waals surface area contributed by atoms with E-state index in [-0.39, 0.29) is 23.4 Å². The largest absolute Gasteiger partial charge is 0.497 e. The quantitative estimate of drug-likeness (QED) is 0.540. The molecule has 0 aromatic heterocycles. The number of aryl methyl sites for hydroxylation is 1. The van der Waals surface area contributed by atoms with E-state index >= 15 is 0 Å². The third kappa shape index (κ3) is 4.30. The first kappa shape index (κ1) is 22.1. The van der Waals surface area contributed by atoms with Crippen LogP contribution < -0.4 is 14.8 Å². The fraction of sp³-hybridized carbons (Fsp3) is 0.154. The minimum absolute atomic E-state index is 0.101. The number of rotatable bonds is 7. The number of hydrogen-bond donors (Lipinski definition) is 1. The summed E-state index contributed by atoms with van der Waals surface area (Å²) < 4.78 is 24.9. The van der Waals surface area contributed by atoms with Crippen LogP contribution in [0.4, 0.5) is 10.1 Å². The molecule has 7 heteroatoms. The van der Waals surface area contributed by atoms with Crippen LogP contribution in [0.1, 0.15) is 16.7 Å². The maximum atomic E-state index is 14.3. The highest BCUT2D eigenvalue weighted by molar-refractivity contribution is 6.36. The van der Waals surface area contributed by atoms with Crippen LogP contribution in [0.25, 0.3) is 5.57 Å². The lowest BCUT2D eigenvalue weighted by molar-refractivity contribution is -0.137. The summed E-state index contributed by atoms with van der Waals surface area (Å²) in [4.78, 5) is 27.9. The number of halogens is 1. The number of ether oxygens (including phenoxy) is 2. The lowest BCUT2D eigenvalue weighted by atomic mass is 10.0. The number of hydrogen-bond acceptors (Lipinski definition) is 5. The Morgan fingerprint density at radius 2 is 1.64 bits per heavy atom. The molecular formula is C26H23FN2O4. The van der Waals surface area contributed by atoms with Crippen molar-refractivity contribution in [2.24, 2.45) is 0 Å². The molecular weight excluding hydrogens is 423 g/mol. The molecule has 6 nitrogen and oxygen atoms in total. The zero-order valence-corrected chi connectivity index (χ0v) is 18.5. The second kappa shape index (κ2) is 9.16. The number of methoxy groups -OCH3 is 2. The van der Waals surface area contributed by atoms with Crippen molar-refractivity contribution in [3.63, 3.8) is 0 Å². The number of nitrogens with one attached hydrogen (secondary N) is 1. The van der Waals surface area contributed by atoms with Gasteiger partial charge in [0.25, 0.3) is 11.8 Å². The normalized spacial score (nSPS) is 13.5. The van der Waals surface area contributed by atoms with Crippen LogP contribution in [0.2, 0.25) is 0 Å². The Hall–Kier alpha value is -4.13. The van der Waals surface area contributed by atoms with Gasteiger partial charge in [0.1, 0.15) is 23.0 Å². The number of nitrogens with zero attached hydrogens (tertiary/aromatic N) is 1. The Morgan fingerprint density at radius 1 is 0.909 bits per heavy atom. The molecule has 3 aromatic carbocycles. The van der Waals surface area contributed by atoms with Gasteiger partial charge in [-0.25, -0.2) is 4.39 Å². The Morgan fingerprint density at radius 3 is 2.30 bits per heavy atom. The predicted molar refractivity (Wildman–Crippen MR) is 123 cm³/mol. The summed E-state index contributed by atoms with van der Waals surface area (Å²) in [7, 11) is 3.04. The molecule has 33 heavy (non-hydrogen) atoms. The molecule has 168 valence electrons. The summed E-state index contributed by atoms with van der Waals surface area (Å²) in [6, 6.07) is 18.5. The molecule has 1 heterocycles. The average molecular weight is 446 g/mol. The Bertz CT molecular complexity index is 1250. The maximum absolute atomic E-state index is 14.3. The van der Waals surface area contributed by atoms with Gasteiger partial charge in [-0.15, -0.1) is 0 Å². The van der Waals surface area contributed by atoms with Crippen molar-refractivity contribution in [2.45, 2.75) is 13.5 Å². The number of imide groups is 1. The smallest absolute Gasteiger partial charge is 0.278 e. The summed E-state index contributed by atoms with van der Waals surface area (Å²) in [5.41, 5.74) is 2.67. The summed E-state index contributed by atoms with van der Waals surface area (Å²) >= 11 is 0. The molecule has 0 saturated carbocycles. The fourth-order valence-corrected chi connectivity index (χ4v) is 3.66. The fourth-order valence-electron chi connectivity index (χ4n) is 3.66. The molecule has 1 aliphatic heterocycles. The van der Waals surface area contributed by atoms with E-state index in [4.69, 9.17) is 9.47 Å². The van der Waals surface area contributed by atoms with Crippen LogP contribution in [0, 0.1) is 12.7 Å². The summed E-state index contributed by atoms with van der Waals surface area (Å²) in [6.07, 6.45) is 0.